The van der Waals surface area contributed by atoms with Gasteiger partial charge in [0.2, 0.25) is 0 Å². The van der Waals surface area contributed by atoms with E-state index in [1.807, 2.05) is 30.3 Å². The third-order valence-corrected chi connectivity index (χ3v) is 5.27. The van der Waals surface area contributed by atoms with E-state index in [0.717, 1.165) is 35.7 Å². The van der Waals surface area contributed by atoms with E-state index in [4.69, 9.17) is 0 Å². The van der Waals surface area contributed by atoms with Gasteiger partial charge in [0.05, 0.1) is 16.5 Å². The third kappa shape index (κ3) is 3.34. The fourth-order valence-corrected chi connectivity index (χ4v) is 3.77. The molecule has 3 rings (SSSR count). The van der Waals surface area contributed by atoms with E-state index in [1.165, 1.54) is 4.68 Å². The first-order valence-corrected chi connectivity index (χ1v) is 8.67. The van der Waals surface area contributed by atoms with Crippen molar-refractivity contribution in [1.29, 1.82) is 0 Å². The van der Waals surface area contributed by atoms with Crippen LogP contribution in [0.15, 0.2) is 46.1 Å². The lowest BCUT2D eigenvalue weighted by Crippen LogP contribution is -2.36. The van der Waals surface area contributed by atoms with Gasteiger partial charge < -0.3 is 0 Å². The van der Waals surface area contributed by atoms with E-state index in [9.17, 15) is 9.00 Å². The molecule has 1 aromatic carbocycles. The highest BCUT2D eigenvalue weighted by molar-refractivity contribution is 7.85. The predicted octanol–water partition coefficient (Wildman–Crippen LogP) is 0.946. The summed E-state index contributed by atoms with van der Waals surface area (Å²) in [6, 6.07) is 11.2. The predicted molar refractivity (Wildman–Crippen MR) is 86.2 cm³/mol. The summed E-state index contributed by atoms with van der Waals surface area (Å²) in [6.45, 7) is 2.37. The Morgan fingerprint density at radius 3 is 2.82 bits per heavy atom. The highest BCUT2D eigenvalue weighted by atomic mass is 32.2. The number of hydrogen-bond donors (Lipinski definition) is 0. The Hall–Kier alpha value is -1.79. The van der Waals surface area contributed by atoms with E-state index >= 15 is 0 Å². The molecule has 0 spiro atoms. The summed E-state index contributed by atoms with van der Waals surface area (Å²) < 4.78 is 13.6. The number of rotatable bonds is 4. The Morgan fingerprint density at radius 2 is 2.05 bits per heavy atom. The molecule has 0 saturated heterocycles. The molecule has 2 heterocycles. The molecule has 2 aromatic rings. The average molecular weight is 317 g/mol. The molecular formula is C16H19N3O2S. The molecule has 0 fully saturated rings. The van der Waals surface area contributed by atoms with Crippen molar-refractivity contribution >= 4 is 10.8 Å². The minimum Gasteiger partial charge on any atom is -0.298 e. The average Bonchev–Trinajstić information content (AvgIpc) is 2.54. The maximum absolute atomic E-state index is 12.3. The molecule has 0 N–H and O–H groups in total. The highest BCUT2D eigenvalue weighted by Crippen LogP contribution is 2.15. The van der Waals surface area contributed by atoms with Gasteiger partial charge >= 0.3 is 0 Å². The summed E-state index contributed by atoms with van der Waals surface area (Å²) >= 11 is 0. The first-order valence-electron chi connectivity index (χ1n) is 7.35. The van der Waals surface area contributed by atoms with E-state index in [1.54, 1.807) is 13.1 Å². The SMILES string of the molecule is Cn1nc2c(cc1=O)CN(CC[S@](=O)c1ccccc1)CC2. The van der Waals surface area contributed by atoms with Gasteiger partial charge in [-0.3, -0.25) is 13.9 Å². The highest BCUT2D eigenvalue weighted by Gasteiger charge is 2.19. The van der Waals surface area contributed by atoms with E-state index in [2.05, 4.69) is 10.00 Å². The van der Waals surface area contributed by atoms with Crippen LogP contribution in [0.4, 0.5) is 0 Å². The van der Waals surface area contributed by atoms with Gasteiger partial charge in [-0.1, -0.05) is 18.2 Å². The largest absolute Gasteiger partial charge is 0.298 e. The third-order valence-electron chi connectivity index (χ3n) is 3.92. The summed E-state index contributed by atoms with van der Waals surface area (Å²) in [5.41, 5.74) is 1.93. The molecule has 6 heteroatoms. The zero-order chi connectivity index (χ0) is 15.5. The molecule has 1 aliphatic rings. The molecule has 0 aliphatic carbocycles. The van der Waals surface area contributed by atoms with Crippen LogP contribution in [0.5, 0.6) is 0 Å². The molecule has 0 amide bonds. The van der Waals surface area contributed by atoms with Gasteiger partial charge in [0.25, 0.3) is 5.56 Å². The molecule has 5 nitrogen and oxygen atoms in total. The molecule has 22 heavy (non-hydrogen) atoms. The minimum absolute atomic E-state index is 0.0755. The lowest BCUT2D eigenvalue weighted by atomic mass is 10.1. The maximum atomic E-state index is 12.3. The molecule has 0 bridgehead atoms. The van der Waals surface area contributed by atoms with Crippen molar-refractivity contribution in [3.05, 3.63) is 58.0 Å². The first kappa shape index (κ1) is 15.1. The van der Waals surface area contributed by atoms with Crippen LogP contribution < -0.4 is 5.56 Å². The van der Waals surface area contributed by atoms with Crippen LogP contribution in [0.1, 0.15) is 11.3 Å². The van der Waals surface area contributed by atoms with Crippen molar-refractivity contribution in [3.63, 3.8) is 0 Å². The summed E-state index contributed by atoms with van der Waals surface area (Å²) in [4.78, 5) is 14.8. The van der Waals surface area contributed by atoms with Crippen LogP contribution in [0.2, 0.25) is 0 Å². The van der Waals surface area contributed by atoms with Gasteiger partial charge in [-0.15, -0.1) is 0 Å². The van der Waals surface area contributed by atoms with Gasteiger partial charge in [-0.2, -0.15) is 5.10 Å². The number of aromatic nitrogens is 2. The minimum atomic E-state index is -0.974. The quantitative estimate of drug-likeness (QED) is 0.842. The molecule has 116 valence electrons. The van der Waals surface area contributed by atoms with Crippen molar-refractivity contribution in [1.82, 2.24) is 14.7 Å². The van der Waals surface area contributed by atoms with Gasteiger partial charge in [0.15, 0.2) is 0 Å². The molecule has 0 saturated carbocycles. The first-order chi connectivity index (χ1) is 10.6. The second kappa shape index (κ2) is 6.54. The van der Waals surface area contributed by atoms with Crippen molar-refractivity contribution in [2.24, 2.45) is 7.05 Å². The van der Waals surface area contributed by atoms with Crippen LogP contribution in [0, 0.1) is 0 Å². The standard InChI is InChI=1S/C16H19N3O2S/c1-18-16(20)11-13-12-19(8-7-15(13)17-18)9-10-22(21)14-5-3-2-4-6-14/h2-6,11H,7-10,12H2,1H3/t22-/m0/s1. The Morgan fingerprint density at radius 1 is 1.27 bits per heavy atom. The van der Waals surface area contributed by atoms with Gasteiger partial charge in [-0.05, 0) is 17.7 Å². The van der Waals surface area contributed by atoms with E-state index in [0.29, 0.717) is 12.3 Å². The Balaban J connectivity index is 1.62. The Kier molecular flexibility index (Phi) is 4.49. The number of fused-ring (bicyclic) bond motifs is 1. The van der Waals surface area contributed by atoms with E-state index in [-0.39, 0.29) is 5.56 Å². The normalized spacial score (nSPS) is 16.2. The molecule has 0 unspecified atom stereocenters. The van der Waals surface area contributed by atoms with Crippen LogP contribution in [0.3, 0.4) is 0 Å². The van der Waals surface area contributed by atoms with Crippen molar-refractivity contribution < 1.29 is 4.21 Å². The molecular weight excluding hydrogens is 298 g/mol. The maximum Gasteiger partial charge on any atom is 0.266 e. The zero-order valence-electron chi connectivity index (χ0n) is 12.6. The van der Waals surface area contributed by atoms with Crippen LogP contribution in [0.25, 0.3) is 0 Å². The fourth-order valence-electron chi connectivity index (χ4n) is 2.64. The van der Waals surface area contributed by atoms with Crippen LogP contribution in [-0.4, -0.2) is 37.7 Å². The van der Waals surface area contributed by atoms with Crippen molar-refractivity contribution in [2.45, 2.75) is 17.9 Å². The lowest BCUT2D eigenvalue weighted by molar-refractivity contribution is 0.265. The van der Waals surface area contributed by atoms with Crippen molar-refractivity contribution in [3.8, 4) is 0 Å². The summed E-state index contributed by atoms with van der Waals surface area (Å²) in [7, 11) is 0.704. The van der Waals surface area contributed by atoms with Crippen molar-refractivity contribution in [2.75, 3.05) is 18.8 Å². The zero-order valence-corrected chi connectivity index (χ0v) is 13.4. The summed E-state index contributed by atoms with van der Waals surface area (Å²) in [5, 5.41) is 4.31. The second-order valence-corrected chi connectivity index (χ2v) is 7.04. The fraction of sp³-hybridized carbons (Fsp3) is 0.375. The number of nitrogens with zero attached hydrogens (tertiary/aromatic N) is 3. The van der Waals surface area contributed by atoms with Crippen LogP contribution >= 0.6 is 0 Å². The van der Waals surface area contributed by atoms with Gasteiger partial charge in [0, 0.05) is 49.8 Å². The topological polar surface area (TPSA) is 55.2 Å². The van der Waals surface area contributed by atoms with Gasteiger partial charge in [-0.25, -0.2) is 4.68 Å². The second-order valence-electron chi connectivity index (χ2n) is 5.47. The lowest BCUT2D eigenvalue weighted by Gasteiger charge is -2.27. The number of hydrogen-bond acceptors (Lipinski definition) is 4. The van der Waals surface area contributed by atoms with E-state index < -0.39 is 10.8 Å². The molecule has 1 aromatic heterocycles. The number of aryl methyl sites for hydroxylation is 1. The summed E-state index contributed by atoms with van der Waals surface area (Å²) in [6.07, 6.45) is 0.835. The Labute approximate surface area is 132 Å². The monoisotopic (exact) mass is 317 g/mol. The molecule has 1 atom stereocenters. The molecule has 1 aliphatic heterocycles. The molecule has 0 radical (unpaired) electrons. The Bertz CT molecular complexity index is 743. The smallest absolute Gasteiger partial charge is 0.266 e. The van der Waals surface area contributed by atoms with Gasteiger partial charge in [0.1, 0.15) is 0 Å². The van der Waals surface area contributed by atoms with Crippen LogP contribution in [-0.2, 0) is 30.8 Å². The summed E-state index contributed by atoms with van der Waals surface area (Å²) in [5.74, 6) is 0.609. The number of benzene rings is 1.